The van der Waals surface area contributed by atoms with Gasteiger partial charge in [0.2, 0.25) is 0 Å². The van der Waals surface area contributed by atoms with Crippen LogP contribution < -0.4 is 10.6 Å². The van der Waals surface area contributed by atoms with Gasteiger partial charge in [0.15, 0.2) is 0 Å². The molecule has 1 aromatic heterocycles. The Bertz CT molecular complexity index is 518. The Morgan fingerprint density at radius 2 is 2.16 bits per heavy atom. The average molecular weight is 258 g/mol. The molecule has 4 heteroatoms. The molecule has 0 spiro atoms. The molecule has 0 aliphatic carbocycles. The third kappa shape index (κ3) is 3.50. The van der Waals surface area contributed by atoms with E-state index in [1.54, 1.807) is 0 Å². The van der Waals surface area contributed by atoms with Crippen molar-refractivity contribution in [1.29, 1.82) is 0 Å². The largest absolute Gasteiger partial charge is 0.399 e. The number of aromatic nitrogens is 2. The van der Waals surface area contributed by atoms with Crippen LogP contribution in [0.2, 0.25) is 0 Å². The number of nitrogen functional groups attached to an aromatic ring is 1. The molecule has 0 atom stereocenters. The van der Waals surface area contributed by atoms with Crippen LogP contribution in [0.5, 0.6) is 0 Å². The van der Waals surface area contributed by atoms with Crippen molar-refractivity contribution in [2.75, 3.05) is 23.7 Å². The molecule has 4 nitrogen and oxygen atoms in total. The average Bonchev–Trinajstić information content (AvgIpc) is 2.80. The number of hydrogen-bond donors (Lipinski definition) is 1. The molecule has 0 aliphatic heterocycles. The molecule has 0 saturated heterocycles. The SMILES string of the molecule is CCCN(CCn1ccnc1C)c1cccc(N)c1. The second kappa shape index (κ2) is 6.27. The third-order valence-corrected chi connectivity index (χ3v) is 3.26. The lowest BCUT2D eigenvalue weighted by molar-refractivity contribution is 0.635. The highest BCUT2D eigenvalue weighted by Crippen LogP contribution is 2.18. The zero-order chi connectivity index (χ0) is 13.7. The molecule has 0 amide bonds. The quantitative estimate of drug-likeness (QED) is 0.810. The van der Waals surface area contributed by atoms with Crippen molar-refractivity contribution in [3.63, 3.8) is 0 Å². The number of anilines is 2. The summed E-state index contributed by atoms with van der Waals surface area (Å²) in [4.78, 5) is 6.62. The predicted octanol–water partition coefficient (Wildman–Crippen LogP) is 2.69. The molecule has 19 heavy (non-hydrogen) atoms. The summed E-state index contributed by atoms with van der Waals surface area (Å²) in [6.07, 6.45) is 5.00. The molecule has 2 aromatic rings. The van der Waals surface area contributed by atoms with Crippen LogP contribution in [0.1, 0.15) is 19.2 Å². The second-order valence-electron chi connectivity index (χ2n) is 4.75. The number of nitrogens with two attached hydrogens (primary N) is 1. The number of nitrogens with zero attached hydrogens (tertiary/aromatic N) is 3. The first-order chi connectivity index (χ1) is 9.20. The minimum absolute atomic E-state index is 0.817. The minimum atomic E-state index is 0.817. The van der Waals surface area contributed by atoms with Crippen molar-refractivity contribution >= 4 is 11.4 Å². The lowest BCUT2D eigenvalue weighted by Gasteiger charge is -2.25. The molecule has 2 N–H and O–H groups in total. The van der Waals surface area contributed by atoms with Gasteiger partial charge in [0.05, 0.1) is 0 Å². The predicted molar refractivity (Wildman–Crippen MR) is 80.3 cm³/mol. The van der Waals surface area contributed by atoms with Crippen LogP contribution >= 0.6 is 0 Å². The molecular weight excluding hydrogens is 236 g/mol. The number of hydrogen-bond acceptors (Lipinski definition) is 3. The zero-order valence-corrected chi connectivity index (χ0v) is 11.7. The lowest BCUT2D eigenvalue weighted by Crippen LogP contribution is -2.28. The Hall–Kier alpha value is -1.97. The van der Waals surface area contributed by atoms with E-state index in [0.717, 1.165) is 37.6 Å². The topological polar surface area (TPSA) is 47.1 Å². The lowest BCUT2D eigenvalue weighted by atomic mass is 10.2. The van der Waals surface area contributed by atoms with Gasteiger partial charge in [0.1, 0.15) is 5.82 Å². The maximum Gasteiger partial charge on any atom is 0.105 e. The number of aryl methyl sites for hydroxylation is 1. The molecule has 0 unspecified atom stereocenters. The van der Waals surface area contributed by atoms with E-state index < -0.39 is 0 Å². The van der Waals surface area contributed by atoms with E-state index in [0.29, 0.717) is 0 Å². The van der Waals surface area contributed by atoms with Crippen LogP contribution in [0.15, 0.2) is 36.7 Å². The van der Waals surface area contributed by atoms with Crippen molar-refractivity contribution in [2.24, 2.45) is 0 Å². The van der Waals surface area contributed by atoms with E-state index in [1.807, 2.05) is 37.5 Å². The Morgan fingerprint density at radius 1 is 1.32 bits per heavy atom. The van der Waals surface area contributed by atoms with Crippen LogP contribution in [0.3, 0.4) is 0 Å². The standard InChI is InChI=1S/C15H22N4/c1-3-8-19(15-6-4-5-14(16)12-15)11-10-18-9-7-17-13(18)2/h4-7,9,12H,3,8,10-11,16H2,1-2H3. The Kier molecular flexibility index (Phi) is 4.44. The van der Waals surface area contributed by atoms with Crippen molar-refractivity contribution in [2.45, 2.75) is 26.8 Å². The molecular formula is C15H22N4. The normalized spacial score (nSPS) is 10.6. The maximum atomic E-state index is 5.87. The molecule has 0 saturated carbocycles. The fraction of sp³-hybridized carbons (Fsp3) is 0.400. The monoisotopic (exact) mass is 258 g/mol. The van der Waals surface area contributed by atoms with Crippen molar-refractivity contribution in [3.8, 4) is 0 Å². The van der Waals surface area contributed by atoms with Crippen molar-refractivity contribution < 1.29 is 0 Å². The molecule has 0 fully saturated rings. The highest BCUT2D eigenvalue weighted by atomic mass is 15.2. The van der Waals surface area contributed by atoms with E-state index >= 15 is 0 Å². The van der Waals surface area contributed by atoms with Gasteiger partial charge in [-0.25, -0.2) is 4.98 Å². The van der Waals surface area contributed by atoms with Gasteiger partial charge < -0.3 is 15.2 Å². The summed E-state index contributed by atoms with van der Waals surface area (Å²) < 4.78 is 2.18. The summed E-state index contributed by atoms with van der Waals surface area (Å²) in [6.45, 7) is 7.18. The fourth-order valence-corrected chi connectivity index (χ4v) is 2.23. The first-order valence-electron chi connectivity index (χ1n) is 6.79. The molecule has 0 bridgehead atoms. The first-order valence-corrected chi connectivity index (χ1v) is 6.79. The summed E-state index contributed by atoms with van der Waals surface area (Å²) in [5.74, 6) is 1.06. The Labute approximate surface area is 114 Å². The third-order valence-electron chi connectivity index (χ3n) is 3.26. The fourth-order valence-electron chi connectivity index (χ4n) is 2.23. The van der Waals surface area contributed by atoms with Gasteiger partial charge in [0, 0.05) is 43.4 Å². The molecule has 1 aromatic carbocycles. The van der Waals surface area contributed by atoms with Crippen LogP contribution in [-0.2, 0) is 6.54 Å². The van der Waals surface area contributed by atoms with E-state index in [1.165, 1.54) is 5.69 Å². The van der Waals surface area contributed by atoms with Gasteiger partial charge in [-0.05, 0) is 31.5 Å². The van der Waals surface area contributed by atoms with Crippen LogP contribution in [-0.4, -0.2) is 22.6 Å². The van der Waals surface area contributed by atoms with Gasteiger partial charge in [-0.1, -0.05) is 13.0 Å². The Balaban J connectivity index is 2.06. The van der Waals surface area contributed by atoms with Gasteiger partial charge in [-0.3, -0.25) is 0 Å². The van der Waals surface area contributed by atoms with Crippen LogP contribution in [0, 0.1) is 6.92 Å². The summed E-state index contributed by atoms with van der Waals surface area (Å²) in [5, 5.41) is 0. The molecule has 0 radical (unpaired) electrons. The van der Waals surface area contributed by atoms with E-state index in [-0.39, 0.29) is 0 Å². The van der Waals surface area contributed by atoms with E-state index in [4.69, 9.17) is 5.73 Å². The number of benzene rings is 1. The van der Waals surface area contributed by atoms with Gasteiger partial charge >= 0.3 is 0 Å². The van der Waals surface area contributed by atoms with Gasteiger partial charge in [0.25, 0.3) is 0 Å². The van der Waals surface area contributed by atoms with E-state index in [2.05, 4.69) is 27.4 Å². The number of rotatable bonds is 6. The number of imidazole rings is 1. The van der Waals surface area contributed by atoms with Gasteiger partial charge in [-0.2, -0.15) is 0 Å². The first kappa shape index (κ1) is 13.5. The molecule has 102 valence electrons. The van der Waals surface area contributed by atoms with Crippen molar-refractivity contribution in [1.82, 2.24) is 9.55 Å². The van der Waals surface area contributed by atoms with E-state index in [9.17, 15) is 0 Å². The maximum absolute atomic E-state index is 5.87. The molecule has 0 aliphatic rings. The smallest absolute Gasteiger partial charge is 0.105 e. The van der Waals surface area contributed by atoms with Crippen molar-refractivity contribution in [3.05, 3.63) is 42.5 Å². The second-order valence-corrected chi connectivity index (χ2v) is 4.75. The molecule has 1 heterocycles. The minimum Gasteiger partial charge on any atom is -0.399 e. The highest BCUT2D eigenvalue weighted by Gasteiger charge is 2.06. The summed E-state index contributed by atoms with van der Waals surface area (Å²) in [7, 11) is 0. The molecule has 2 rings (SSSR count). The summed E-state index contributed by atoms with van der Waals surface area (Å²) in [6, 6.07) is 8.09. The van der Waals surface area contributed by atoms with Crippen LogP contribution in [0.25, 0.3) is 0 Å². The Morgan fingerprint density at radius 3 is 2.79 bits per heavy atom. The van der Waals surface area contributed by atoms with Crippen LogP contribution in [0.4, 0.5) is 11.4 Å². The highest BCUT2D eigenvalue weighted by molar-refractivity contribution is 5.55. The summed E-state index contributed by atoms with van der Waals surface area (Å²) >= 11 is 0. The zero-order valence-electron chi connectivity index (χ0n) is 11.7. The van der Waals surface area contributed by atoms with Gasteiger partial charge in [-0.15, -0.1) is 0 Å². The summed E-state index contributed by atoms with van der Waals surface area (Å²) in [5.41, 5.74) is 7.88.